The van der Waals surface area contributed by atoms with Crippen molar-refractivity contribution in [3.63, 3.8) is 0 Å². The van der Waals surface area contributed by atoms with Gasteiger partial charge in [0.25, 0.3) is 0 Å². The Morgan fingerprint density at radius 2 is 2.12 bits per heavy atom. The molecule has 0 aliphatic carbocycles. The smallest absolute Gasteiger partial charge is 0.155 e. The van der Waals surface area contributed by atoms with E-state index in [1.807, 2.05) is 42.8 Å². The second kappa shape index (κ2) is 4.42. The van der Waals surface area contributed by atoms with Crippen LogP contribution in [0.15, 0.2) is 34.9 Å². The minimum atomic E-state index is -0.0961. The summed E-state index contributed by atoms with van der Waals surface area (Å²) in [7, 11) is 0. The number of benzene rings is 1. The maximum atomic E-state index is 11.7. The van der Waals surface area contributed by atoms with Crippen molar-refractivity contribution < 1.29 is 4.79 Å². The van der Waals surface area contributed by atoms with E-state index in [-0.39, 0.29) is 11.8 Å². The minimum Gasteiger partial charge on any atom is -0.336 e. The van der Waals surface area contributed by atoms with Crippen LogP contribution in [0.5, 0.6) is 0 Å². The van der Waals surface area contributed by atoms with Gasteiger partial charge in [0.2, 0.25) is 0 Å². The van der Waals surface area contributed by atoms with Gasteiger partial charge in [-0.3, -0.25) is 4.79 Å². The molecule has 0 fully saturated rings. The van der Waals surface area contributed by atoms with Gasteiger partial charge >= 0.3 is 0 Å². The Hall–Kier alpha value is -1.09. The van der Waals surface area contributed by atoms with Crippen molar-refractivity contribution in [3.05, 3.63) is 34.9 Å². The predicted octanol–water partition coefficient (Wildman–Crippen LogP) is 3.94. The molecule has 3 heteroatoms. The second-order valence-corrected chi connectivity index (χ2v) is 4.75. The molecule has 1 heterocycles. The first-order valence-electron chi connectivity index (χ1n) is 5.43. The van der Waals surface area contributed by atoms with Gasteiger partial charge in [0.15, 0.2) is 5.78 Å². The molecule has 1 aromatic carbocycles. The van der Waals surface area contributed by atoms with E-state index in [1.54, 1.807) is 0 Å². The summed E-state index contributed by atoms with van der Waals surface area (Å²) in [6.07, 6.45) is 2.56. The first kappa shape index (κ1) is 11.4. The summed E-state index contributed by atoms with van der Waals surface area (Å²) < 4.78 is 3.07. The second-order valence-electron chi connectivity index (χ2n) is 3.90. The quantitative estimate of drug-likeness (QED) is 0.834. The van der Waals surface area contributed by atoms with E-state index < -0.39 is 0 Å². The Balaban J connectivity index is 2.57. The van der Waals surface area contributed by atoms with Crippen LogP contribution in [0.4, 0.5) is 0 Å². The van der Waals surface area contributed by atoms with Gasteiger partial charge in [-0.15, -0.1) is 0 Å². The summed E-state index contributed by atoms with van der Waals surface area (Å²) in [5.74, 6) is 0.258. The SMILES string of the molecule is CCC(=O)C(C)n1cc(Br)c2ccccc21. The lowest BCUT2D eigenvalue weighted by atomic mass is 10.1. The number of rotatable bonds is 3. The molecule has 1 unspecified atom stereocenters. The molecule has 2 nitrogen and oxygen atoms in total. The number of aromatic nitrogens is 1. The average molecular weight is 280 g/mol. The molecule has 0 aliphatic rings. The number of ketones is 1. The van der Waals surface area contributed by atoms with Crippen LogP contribution in [0.2, 0.25) is 0 Å². The molecule has 0 saturated heterocycles. The van der Waals surface area contributed by atoms with Crippen molar-refractivity contribution in [2.24, 2.45) is 0 Å². The van der Waals surface area contributed by atoms with Crippen LogP contribution in [0.25, 0.3) is 10.9 Å². The van der Waals surface area contributed by atoms with Crippen molar-refractivity contribution in [1.29, 1.82) is 0 Å². The highest BCUT2D eigenvalue weighted by Gasteiger charge is 2.16. The van der Waals surface area contributed by atoms with Crippen molar-refractivity contribution in [2.75, 3.05) is 0 Å². The number of Topliss-reactive ketones (excluding diaryl/α,β-unsaturated/α-hetero) is 1. The minimum absolute atomic E-state index is 0.0961. The van der Waals surface area contributed by atoms with Crippen LogP contribution < -0.4 is 0 Å². The third-order valence-corrected chi connectivity index (χ3v) is 3.56. The zero-order chi connectivity index (χ0) is 11.7. The first-order valence-corrected chi connectivity index (χ1v) is 6.22. The highest BCUT2D eigenvalue weighted by atomic mass is 79.9. The van der Waals surface area contributed by atoms with Crippen molar-refractivity contribution >= 4 is 32.6 Å². The number of hydrogen-bond donors (Lipinski definition) is 0. The van der Waals surface area contributed by atoms with Gasteiger partial charge in [0, 0.05) is 28.0 Å². The fourth-order valence-corrected chi connectivity index (χ4v) is 2.49. The summed E-state index contributed by atoms with van der Waals surface area (Å²) in [5, 5.41) is 1.15. The Morgan fingerprint density at radius 1 is 1.44 bits per heavy atom. The molecule has 1 atom stereocenters. The monoisotopic (exact) mass is 279 g/mol. The molecule has 2 aromatic rings. The van der Waals surface area contributed by atoms with E-state index in [1.165, 1.54) is 0 Å². The number of nitrogens with zero attached hydrogens (tertiary/aromatic N) is 1. The van der Waals surface area contributed by atoms with Crippen molar-refractivity contribution in [2.45, 2.75) is 26.3 Å². The molecule has 0 bridgehead atoms. The van der Waals surface area contributed by atoms with E-state index in [2.05, 4.69) is 22.0 Å². The maximum Gasteiger partial charge on any atom is 0.155 e. The highest BCUT2D eigenvalue weighted by molar-refractivity contribution is 9.10. The van der Waals surface area contributed by atoms with Gasteiger partial charge in [-0.1, -0.05) is 25.1 Å². The van der Waals surface area contributed by atoms with Gasteiger partial charge in [-0.25, -0.2) is 0 Å². The van der Waals surface area contributed by atoms with E-state index in [9.17, 15) is 4.79 Å². The lowest BCUT2D eigenvalue weighted by molar-refractivity contribution is -0.121. The summed E-state index contributed by atoms with van der Waals surface area (Å²) in [5.41, 5.74) is 1.10. The Kier molecular flexibility index (Phi) is 3.15. The average Bonchev–Trinajstić information content (AvgIpc) is 2.65. The lowest BCUT2D eigenvalue weighted by Gasteiger charge is -2.12. The fourth-order valence-electron chi connectivity index (χ4n) is 1.93. The van der Waals surface area contributed by atoms with Crippen LogP contribution >= 0.6 is 15.9 Å². The number of carbonyl (C=O) groups is 1. The zero-order valence-corrected chi connectivity index (χ0v) is 11.0. The molecule has 0 radical (unpaired) electrons. The number of carbonyl (C=O) groups excluding carboxylic acids is 1. The number of fused-ring (bicyclic) bond motifs is 1. The molecule has 1 aromatic heterocycles. The predicted molar refractivity (Wildman–Crippen MR) is 69.6 cm³/mol. The Bertz CT molecular complexity index is 530. The van der Waals surface area contributed by atoms with Crippen molar-refractivity contribution in [3.8, 4) is 0 Å². The number of para-hydroxylation sites is 1. The number of hydrogen-bond acceptors (Lipinski definition) is 1. The first-order chi connectivity index (χ1) is 7.65. The van der Waals surface area contributed by atoms with E-state index in [0.717, 1.165) is 15.4 Å². The number of halogens is 1. The fraction of sp³-hybridized carbons (Fsp3) is 0.308. The normalized spacial score (nSPS) is 12.9. The van der Waals surface area contributed by atoms with Gasteiger partial charge in [-0.2, -0.15) is 0 Å². The molecule has 2 rings (SSSR count). The van der Waals surface area contributed by atoms with Crippen LogP contribution in [-0.2, 0) is 4.79 Å². The van der Waals surface area contributed by atoms with Crippen molar-refractivity contribution in [1.82, 2.24) is 4.57 Å². The zero-order valence-electron chi connectivity index (χ0n) is 9.40. The van der Waals surface area contributed by atoms with Crippen LogP contribution in [-0.4, -0.2) is 10.4 Å². The van der Waals surface area contributed by atoms with E-state index >= 15 is 0 Å². The molecular weight excluding hydrogens is 266 g/mol. The molecular formula is C13H14BrNO. The van der Waals surface area contributed by atoms with Gasteiger partial charge in [0.05, 0.1) is 6.04 Å². The largest absolute Gasteiger partial charge is 0.336 e. The Labute approximate surface area is 103 Å². The topological polar surface area (TPSA) is 22.0 Å². The molecule has 0 amide bonds. The summed E-state index contributed by atoms with van der Waals surface area (Å²) in [6, 6.07) is 8.00. The molecule has 84 valence electrons. The molecule has 0 spiro atoms. The summed E-state index contributed by atoms with van der Waals surface area (Å²) >= 11 is 3.52. The molecule has 0 saturated carbocycles. The molecule has 0 N–H and O–H groups in total. The molecule has 0 aliphatic heterocycles. The third kappa shape index (κ3) is 1.80. The van der Waals surface area contributed by atoms with Crippen LogP contribution in [0, 0.1) is 0 Å². The van der Waals surface area contributed by atoms with Gasteiger partial charge in [-0.05, 0) is 28.9 Å². The maximum absolute atomic E-state index is 11.7. The van der Waals surface area contributed by atoms with E-state index in [0.29, 0.717) is 6.42 Å². The van der Waals surface area contributed by atoms with E-state index in [4.69, 9.17) is 0 Å². The van der Waals surface area contributed by atoms with Gasteiger partial charge < -0.3 is 4.57 Å². The highest BCUT2D eigenvalue weighted by Crippen LogP contribution is 2.28. The summed E-state index contributed by atoms with van der Waals surface area (Å²) in [4.78, 5) is 11.7. The van der Waals surface area contributed by atoms with Crippen LogP contribution in [0.1, 0.15) is 26.3 Å². The summed E-state index contributed by atoms with van der Waals surface area (Å²) in [6.45, 7) is 3.85. The third-order valence-electron chi connectivity index (χ3n) is 2.92. The van der Waals surface area contributed by atoms with Gasteiger partial charge in [0.1, 0.15) is 0 Å². The van der Waals surface area contributed by atoms with Crippen LogP contribution in [0.3, 0.4) is 0 Å². The standard InChI is InChI=1S/C13H14BrNO/c1-3-13(16)9(2)15-8-11(14)10-6-4-5-7-12(10)15/h4-9H,3H2,1-2H3. The molecule has 16 heavy (non-hydrogen) atoms. The Morgan fingerprint density at radius 3 is 2.81 bits per heavy atom. The lowest BCUT2D eigenvalue weighted by Crippen LogP contribution is -2.14.